The molecule has 9 nitrogen and oxygen atoms in total. The van der Waals surface area contributed by atoms with Gasteiger partial charge in [-0.05, 0) is 46.2 Å². The third kappa shape index (κ3) is 2.78. The summed E-state index contributed by atoms with van der Waals surface area (Å²) in [5.74, 6) is -1.71. The molecular formula is C22H27FN4O5. The van der Waals surface area contributed by atoms with Crippen LogP contribution in [0.3, 0.4) is 0 Å². The quantitative estimate of drug-likeness (QED) is 0.584. The van der Waals surface area contributed by atoms with Gasteiger partial charge in [0.15, 0.2) is 17.0 Å². The molecule has 4 aliphatic rings. The van der Waals surface area contributed by atoms with Crippen LogP contribution in [0.5, 0.6) is 5.75 Å². The maximum absolute atomic E-state index is 16.0. The molecule has 5 rings (SSSR count). The topological polar surface area (TPSA) is 100 Å². The summed E-state index contributed by atoms with van der Waals surface area (Å²) in [7, 11) is 0. The van der Waals surface area contributed by atoms with Crippen molar-refractivity contribution in [1.82, 2.24) is 15.7 Å². The van der Waals surface area contributed by atoms with Crippen LogP contribution in [0, 0.1) is 11.2 Å². The van der Waals surface area contributed by atoms with Gasteiger partial charge in [0.05, 0.1) is 30.5 Å². The van der Waals surface area contributed by atoms with Crippen LogP contribution in [0.1, 0.15) is 45.7 Å². The molecule has 32 heavy (non-hydrogen) atoms. The summed E-state index contributed by atoms with van der Waals surface area (Å²) in [6, 6.07) is 0.182. The summed E-state index contributed by atoms with van der Waals surface area (Å²) in [4.78, 5) is 45.8. The number of carbonyl (C=O) groups is 3. The first-order chi connectivity index (χ1) is 14.9. The fourth-order valence-electron chi connectivity index (χ4n) is 5.49. The van der Waals surface area contributed by atoms with Crippen LogP contribution < -0.4 is 20.4 Å². The zero-order valence-electron chi connectivity index (χ0n) is 18.7. The minimum Gasteiger partial charge on any atom is -0.402 e. The van der Waals surface area contributed by atoms with E-state index in [9.17, 15) is 14.4 Å². The second kappa shape index (κ2) is 6.64. The predicted molar refractivity (Wildman–Crippen MR) is 111 cm³/mol. The van der Waals surface area contributed by atoms with Crippen molar-refractivity contribution in [2.75, 3.05) is 11.4 Å². The number of urea groups is 1. The number of hydrogen-bond acceptors (Lipinski definition) is 7. The minimum absolute atomic E-state index is 0.0454. The van der Waals surface area contributed by atoms with Gasteiger partial charge in [-0.3, -0.25) is 20.2 Å². The average molecular weight is 446 g/mol. The molecule has 0 radical (unpaired) electrons. The van der Waals surface area contributed by atoms with E-state index in [2.05, 4.69) is 10.6 Å². The molecule has 0 aromatic heterocycles. The Hall–Kier alpha value is -2.72. The van der Waals surface area contributed by atoms with Crippen molar-refractivity contribution < 1.29 is 28.3 Å². The van der Waals surface area contributed by atoms with Crippen LogP contribution in [0.2, 0.25) is 0 Å². The van der Waals surface area contributed by atoms with Crippen molar-refractivity contribution in [3.05, 3.63) is 23.0 Å². The predicted octanol–water partition coefficient (Wildman–Crippen LogP) is 1.62. The molecule has 0 aliphatic carbocycles. The number of anilines is 1. The molecule has 4 amide bonds. The Morgan fingerprint density at radius 1 is 1.12 bits per heavy atom. The number of hydrogen-bond donors (Lipinski definition) is 2. The number of morpholine rings is 1. The summed E-state index contributed by atoms with van der Waals surface area (Å²) >= 11 is 0. The number of fused-ring (bicyclic) bond motifs is 5. The van der Waals surface area contributed by atoms with Crippen LogP contribution in [0.15, 0.2) is 6.07 Å². The van der Waals surface area contributed by atoms with Gasteiger partial charge in [0.1, 0.15) is 0 Å². The smallest absolute Gasteiger partial charge is 0.328 e. The molecule has 1 aromatic rings. The van der Waals surface area contributed by atoms with E-state index in [0.717, 1.165) is 0 Å². The fraction of sp³-hybridized carbons (Fsp3) is 0.591. The molecule has 10 heteroatoms. The number of barbiturate groups is 1. The lowest BCUT2D eigenvalue weighted by atomic mass is 9.66. The largest absolute Gasteiger partial charge is 0.402 e. The molecule has 2 N–H and O–H groups in total. The third-order valence-corrected chi connectivity index (χ3v) is 6.82. The first-order valence-corrected chi connectivity index (χ1v) is 10.8. The monoisotopic (exact) mass is 446 g/mol. The van der Waals surface area contributed by atoms with Crippen molar-refractivity contribution in [2.45, 2.75) is 71.4 Å². The Morgan fingerprint density at radius 3 is 2.41 bits per heavy atom. The van der Waals surface area contributed by atoms with Gasteiger partial charge in [-0.15, -0.1) is 5.06 Å². The van der Waals surface area contributed by atoms with Gasteiger partial charge in [0.2, 0.25) is 11.8 Å². The van der Waals surface area contributed by atoms with Crippen LogP contribution >= 0.6 is 0 Å². The third-order valence-electron chi connectivity index (χ3n) is 6.82. The number of rotatable bonds is 0. The van der Waals surface area contributed by atoms with Gasteiger partial charge in [0.25, 0.3) is 0 Å². The Balaban J connectivity index is 1.69. The zero-order valence-corrected chi connectivity index (χ0v) is 18.7. The molecule has 1 aromatic carbocycles. The summed E-state index contributed by atoms with van der Waals surface area (Å²) < 4.78 is 21.9. The fourth-order valence-corrected chi connectivity index (χ4v) is 5.49. The number of hydroxylamine groups is 2. The van der Waals surface area contributed by atoms with Crippen molar-refractivity contribution in [2.24, 2.45) is 5.41 Å². The van der Waals surface area contributed by atoms with Crippen LogP contribution in [0.4, 0.5) is 14.9 Å². The van der Waals surface area contributed by atoms with Crippen molar-refractivity contribution >= 4 is 23.5 Å². The lowest BCUT2D eigenvalue weighted by molar-refractivity contribution is -0.153. The number of benzene rings is 1. The molecule has 2 saturated heterocycles. The molecule has 0 saturated carbocycles. The number of nitrogens with zero attached hydrogens (tertiary/aromatic N) is 2. The number of carbonyl (C=O) groups excluding carboxylic acids is 3. The van der Waals surface area contributed by atoms with Crippen molar-refractivity contribution in [1.29, 1.82) is 0 Å². The van der Waals surface area contributed by atoms with Crippen LogP contribution in [-0.4, -0.2) is 53.2 Å². The second-order valence-electron chi connectivity index (χ2n) is 10.1. The van der Waals surface area contributed by atoms with E-state index in [1.54, 1.807) is 16.9 Å². The van der Waals surface area contributed by atoms with Gasteiger partial charge in [0, 0.05) is 24.1 Å². The molecule has 0 unspecified atom stereocenters. The van der Waals surface area contributed by atoms with E-state index in [1.807, 2.05) is 33.8 Å². The van der Waals surface area contributed by atoms with E-state index in [1.165, 1.54) is 0 Å². The summed E-state index contributed by atoms with van der Waals surface area (Å²) in [6.07, 6.45) is -0.854. The molecule has 4 aliphatic heterocycles. The molecule has 172 valence electrons. The Kier molecular flexibility index (Phi) is 4.39. The van der Waals surface area contributed by atoms with Crippen molar-refractivity contribution in [3.8, 4) is 5.75 Å². The van der Waals surface area contributed by atoms with Gasteiger partial charge >= 0.3 is 6.03 Å². The maximum Gasteiger partial charge on any atom is 0.328 e. The lowest BCUT2D eigenvalue weighted by Crippen LogP contribution is -2.75. The number of imide groups is 2. The SMILES string of the molecule is C[C@H]1CN2c3c(cc4c(c3F)ON(C(C)(C)C)C4)CC3(C(=O)NC(=O)NC3=O)[C@@H]2[C@@H](C)O1. The minimum atomic E-state index is -1.62. The van der Waals surface area contributed by atoms with Gasteiger partial charge in [-0.2, -0.15) is 0 Å². The zero-order chi connectivity index (χ0) is 23.2. The Labute approximate surface area is 185 Å². The highest BCUT2D eigenvalue weighted by atomic mass is 19.1. The second-order valence-corrected chi connectivity index (χ2v) is 10.1. The van der Waals surface area contributed by atoms with Gasteiger partial charge in [-0.25, -0.2) is 9.18 Å². The standard InChI is InChI=1S/C22H27FN4O5/c1-10-8-26-15-12(6-13-9-27(21(3,4)5)32-16(13)14(15)23)7-22(17(26)11(2)31-10)18(28)24-20(30)25-19(22)29/h6,10-11,17H,7-9H2,1-5H3,(H2,24,25,28,29,30)/t10-,11+,17-/m0/s1. The lowest BCUT2D eigenvalue weighted by Gasteiger charge is -2.55. The van der Waals surface area contributed by atoms with Crippen LogP contribution in [-0.2, 0) is 27.3 Å². The summed E-state index contributed by atoms with van der Waals surface area (Å²) in [6.45, 7) is 10.2. The van der Waals surface area contributed by atoms with Crippen LogP contribution in [0.25, 0.3) is 0 Å². The summed E-state index contributed by atoms with van der Waals surface area (Å²) in [5, 5.41) is 6.19. The first kappa shape index (κ1) is 21.1. The molecule has 0 bridgehead atoms. The van der Waals surface area contributed by atoms with E-state index < -0.39 is 41.2 Å². The highest BCUT2D eigenvalue weighted by Crippen LogP contribution is 2.51. The number of amides is 4. The van der Waals surface area contributed by atoms with Gasteiger partial charge in [-0.1, -0.05) is 0 Å². The maximum atomic E-state index is 16.0. The number of ether oxygens (including phenoxy) is 1. The van der Waals surface area contributed by atoms with E-state index in [-0.39, 0.29) is 30.4 Å². The molecule has 4 heterocycles. The van der Waals surface area contributed by atoms with Gasteiger partial charge < -0.3 is 14.5 Å². The Morgan fingerprint density at radius 2 is 1.78 bits per heavy atom. The highest BCUT2D eigenvalue weighted by Gasteiger charge is 2.63. The molecule has 1 spiro atoms. The highest BCUT2D eigenvalue weighted by molar-refractivity contribution is 6.20. The summed E-state index contributed by atoms with van der Waals surface area (Å²) in [5.41, 5.74) is -0.440. The Bertz CT molecular complexity index is 1030. The normalized spacial score (nSPS) is 29.1. The molecule has 2 fully saturated rings. The van der Waals surface area contributed by atoms with Crippen molar-refractivity contribution in [3.63, 3.8) is 0 Å². The molecule has 3 atom stereocenters. The first-order valence-electron chi connectivity index (χ1n) is 10.8. The molecular weight excluding hydrogens is 419 g/mol. The number of halogens is 1. The van der Waals surface area contributed by atoms with E-state index in [0.29, 0.717) is 23.4 Å². The van der Waals surface area contributed by atoms with E-state index in [4.69, 9.17) is 9.57 Å². The average Bonchev–Trinajstić information content (AvgIpc) is 3.10. The number of nitrogens with one attached hydrogen (secondary N) is 2. The van der Waals surface area contributed by atoms with E-state index >= 15 is 4.39 Å².